The standard InChI is InChI=1S/C15H9ClF2N2O/c1-7-3-2-4-9(16)13(7)14-19-12-6-11(18)10(17)5-8(12)15(21)20-14/h2-6H,1H3,(H,19,20,21). The first-order valence-electron chi connectivity index (χ1n) is 6.12. The topological polar surface area (TPSA) is 45.8 Å². The summed E-state index contributed by atoms with van der Waals surface area (Å²) in [4.78, 5) is 18.8. The van der Waals surface area contributed by atoms with Crippen LogP contribution in [0.5, 0.6) is 0 Å². The Labute approximate surface area is 123 Å². The van der Waals surface area contributed by atoms with Gasteiger partial charge in [-0.25, -0.2) is 13.8 Å². The van der Waals surface area contributed by atoms with Crippen LogP contribution in [0.2, 0.25) is 5.02 Å². The van der Waals surface area contributed by atoms with Gasteiger partial charge in [-0.1, -0.05) is 23.7 Å². The minimum Gasteiger partial charge on any atom is -0.306 e. The third-order valence-electron chi connectivity index (χ3n) is 3.21. The number of nitrogens with one attached hydrogen (secondary N) is 1. The molecule has 1 heterocycles. The Morgan fingerprint density at radius 1 is 1.19 bits per heavy atom. The lowest BCUT2D eigenvalue weighted by Gasteiger charge is -2.08. The van der Waals surface area contributed by atoms with Crippen molar-refractivity contribution in [3.05, 3.63) is 62.9 Å². The van der Waals surface area contributed by atoms with E-state index >= 15 is 0 Å². The molecule has 1 N–H and O–H groups in total. The highest BCUT2D eigenvalue weighted by Gasteiger charge is 2.13. The summed E-state index contributed by atoms with van der Waals surface area (Å²) in [6.07, 6.45) is 0. The monoisotopic (exact) mass is 306 g/mol. The molecule has 0 spiro atoms. The highest BCUT2D eigenvalue weighted by Crippen LogP contribution is 2.28. The van der Waals surface area contributed by atoms with Crippen LogP contribution in [-0.2, 0) is 0 Å². The average Bonchev–Trinajstić information content (AvgIpc) is 2.41. The van der Waals surface area contributed by atoms with Gasteiger partial charge in [0, 0.05) is 11.6 Å². The fourth-order valence-corrected chi connectivity index (χ4v) is 2.50. The van der Waals surface area contributed by atoms with Crippen LogP contribution in [0.25, 0.3) is 22.3 Å². The van der Waals surface area contributed by atoms with E-state index in [1.54, 1.807) is 12.1 Å². The number of rotatable bonds is 1. The number of aryl methyl sites for hydroxylation is 1. The molecule has 21 heavy (non-hydrogen) atoms. The van der Waals surface area contributed by atoms with Crippen molar-refractivity contribution in [2.24, 2.45) is 0 Å². The average molecular weight is 307 g/mol. The van der Waals surface area contributed by atoms with Crippen molar-refractivity contribution in [1.82, 2.24) is 9.97 Å². The molecular weight excluding hydrogens is 298 g/mol. The summed E-state index contributed by atoms with van der Waals surface area (Å²) in [5, 5.41) is 0.405. The van der Waals surface area contributed by atoms with E-state index in [4.69, 9.17) is 11.6 Å². The number of H-pyrrole nitrogens is 1. The van der Waals surface area contributed by atoms with Gasteiger partial charge in [0.1, 0.15) is 5.82 Å². The highest BCUT2D eigenvalue weighted by molar-refractivity contribution is 6.33. The van der Waals surface area contributed by atoms with E-state index in [1.165, 1.54) is 0 Å². The zero-order valence-electron chi connectivity index (χ0n) is 10.9. The minimum atomic E-state index is -1.09. The molecule has 0 fully saturated rings. The van der Waals surface area contributed by atoms with Gasteiger partial charge in [0.15, 0.2) is 11.6 Å². The molecule has 3 aromatic rings. The van der Waals surface area contributed by atoms with E-state index in [1.807, 2.05) is 13.0 Å². The minimum absolute atomic E-state index is 0.0117. The predicted molar refractivity (Wildman–Crippen MR) is 77.5 cm³/mol. The number of hydrogen-bond donors (Lipinski definition) is 1. The second-order valence-electron chi connectivity index (χ2n) is 4.63. The van der Waals surface area contributed by atoms with Crippen molar-refractivity contribution in [1.29, 1.82) is 0 Å². The SMILES string of the molecule is Cc1cccc(Cl)c1-c1nc2cc(F)c(F)cc2c(=O)[nH]1. The fourth-order valence-electron chi connectivity index (χ4n) is 2.18. The maximum absolute atomic E-state index is 13.3. The van der Waals surface area contributed by atoms with Crippen LogP contribution >= 0.6 is 11.6 Å². The Morgan fingerprint density at radius 2 is 1.90 bits per heavy atom. The zero-order valence-corrected chi connectivity index (χ0v) is 11.6. The highest BCUT2D eigenvalue weighted by atomic mass is 35.5. The van der Waals surface area contributed by atoms with Crippen molar-refractivity contribution in [2.75, 3.05) is 0 Å². The maximum Gasteiger partial charge on any atom is 0.259 e. The summed E-state index contributed by atoms with van der Waals surface area (Å²) in [5.74, 6) is -1.92. The summed E-state index contributed by atoms with van der Waals surface area (Å²) < 4.78 is 26.5. The normalized spacial score (nSPS) is 11.0. The maximum atomic E-state index is 13.3. The number of hydrogen-bond acceptors (Lipinski definition) is 2. The Hall–Kier alpha value is -2.27. The summed E-state index contributed by atoms with van der Waals surface area (Å²) in [7, 11) is 0. The summed E-state index contributed by atoms with van der Waals surface area (Å²) >= 11 is 6.13. The van der Waals surface area contributed by atoms with Gasteiger partial charge in [-0.2, -0.15) is 0 Å². The van der Waals surface area contributed by atoms with Gasteiger partial charge in [0.2, 0.25) is 0 Å². The van der Waals surface area contributed by atoms with E-state index in [2.05, 4.69) is 9.97 Å². The molecule has 0 saturated heterocycles. The zero-order chi connectivity index (χ0) is 15.1. The van der Waals surface area contributed by atoms with Crippen molar-refractivity contribution in [2.45, 2.75) is 6.92 Å². The molecule has 0 saturated carbocycles. The van der Waals surface area contributed by atoms with Crippen LogP contribution in [0.15, 0.2) is 35.1 Å². The molecule has 106 valence electrons. The fraction of sp³-hybridized carbons (Fsp3) is 0.0667. The molecule has 0 aliphatic carbocycles. The van der Waals surface area contributed by atoms with E-state index in [-0.39, 0.29) is 16.7 Å². The Kier molecular flexibility index (Phi) is 3.22. The van der Waals surface area contributed by atoms with Crippen LogP contribution in [0.3, 0.4) is 0 Å². The van der Waals surface area contributed by atoms with Gasteiger partial charge in [-0.3, -0.25) is 4.79 Å². The second-order valence-corrected chi connectivity index (χ2v) is 5.04. The van der Waals surface area contributed by atoms with E-state index < -0.39 is 17.2 Å². The number of nitrogens with zero attached hydrogens (tertiary/aromatic N) is 1. The van der Waals surface area contributed by atoms with Gasteiger partial charge in [-0.05, 0) is 24.6 Å². The molecule has 0 aliphatic rings. The lowest BCUT2D eigenvalue weighted by molar-refractivity contribution is 0.510. The van der Waals surface area contributed by atoms with Crippen LogP contribution in [0.1, 0.15) is 5.56 Å². The third-order valence-corrected chi connectivity index (χ3v) is 3.52. The number of halogens is 3. The second kappa shape index (κ2) is 4.93. The van der Waals surface area contributed by atoms with Gasteiger partial charge in [-0.15, -0.1) is 0 Å². The molecule has 3 rings (SSSR count). The first-order valence-corrected chi connectivity index (χ1v) is 6.49. The van der Waals surface area contributed by atoms with Crippen molar-refractivity contribution in [3.8, 4) is 11.4 Å². The van der Waals surface area contributed by atoms with Crippen molar-refractivity contribution < 1.29 is 8.78 Å². The molecule has 0 amide bonds. The first-order chi connectivity index (χ1) is 9.97. The molecule has 0 radical (unpaired) electrons. The smallest absolute Gasteiger partial charge is 0.259 e. The lowest BCUT2D eigenvalue weighted by Crippen LogP contribution is -2.11. The molecule has 0 unspecified atom stereocenters. The van der Waals surface area contributed by atoms with E-state index in [9.17, 15) is 13.6 Å². The van der Waals surface area contributed by atoms with E-state index in [0.717, 1.165) is 17.7 Å². The molecular formula is C15H9ClF2N2O. The quantitative estimate of drug-likeness (QED) is 0.742. The largest absolute Gasteiger partial charge is 0.306 e. The van der Waals surface area contributed by atoms with Gasteiger partial charge in [0.05, 0.1) is 15.9 Å². The number of aromatic amines is 1. The van der Waals surface area contributed by atoms with Gasteiger partial charge in [0.25, 0.3) is 5.56 Å². The van der Waals surface area contributed by atoms with Crippen LogP contribution in [0, 0.1) is 18.6 Å². The lowest BCUT2D eigenvalue weighted by atomic mass is 10.1. The van der Waals surface area contributed by atoms with Gasteiger partial charge < -0.3 is 4.98 Å². The van der Waals surface area contributed by atoms with Crippen LogP contribution in [0.4, 0.5) is 8.78 Å². The number of fused-ring (bicyclic) bond motifs is 1. The Bertz CT molecular complexity index is 901. The Morgan fingerprint density at radius 3 is 2.62 bits per heavy atom. The van der Waals surface area contributed by atoms with Crippen LogP contribution < -0.4 is 5.56 Å². The molecule has 0 aliphatic heterocycles. The molecule has 3 nitrogen and oxygen atoms in total. The van der Waals surface area contributed by atoms with Crippen LogP contribution in [-0.4, -0.2) is 9.97 Å². The molecule has 0 bridgehead atoms. The predicted octanol–water partition coefficient (Wildman–Crippen LogP) is 3.83. The van der Waals surface area contributed by atoms with Gasteiger partial charge >= 0.3 is 0 Å². The molecule has 6 heteroatoms. The van der Waals surface area contributed by atoms with Crippen molar-refractivity contribution in [3.63, 3.8) is 0 Å². The third kappa shape index (κ3) is 2.29. The summed E-state index contributed by atoms with van der Waals surface area (Å²) in [6.45, 7) is 1.82. The molecule has 1 aromatic heterocycles. The van der Waals surface area contributed by atoms with Crippen molar-refractivity contribution >= 4 is 22.5 Å². The van der Waals surface area contributed by atoms with E-state index in [0.29, 0.717) is 10.6 Å². The number of aromatic nitrogens is 2. The first kappa shape index (κ1) is 13.7. The molecule has 0 atom stereocenters. The Balaban J connectivity index is 2.36. The summed E-state index contributed by atoms with van der Waals surface area (Å²) in [5.41, 5.74) is 0.899. The summed E-state index contributed by atoms with van der Waals surface area (Å²) in [6, 6.07) is 6.99. The molecule has 2 aromatic carbocycles. The number of benzene rings is 2.